The molecule has 0 aliphatic heterocycles. The van der Waals surface area contributed by atoms with E-state index in [0.717, 1.165) is 38.1 Å². The van der Waals surface area contributed by atoms with Crippen molar-refractivity contribution >= 4 is 27.3 Å². The molecule has 10 heteroatoms. The van der Waals surface area contributed by atoms with Crippen LogP contribution in [0.5, 0.6) is 0 Å². The molecular weight excluding hydrogens is 480 g/mol. The lowest BCUT2D eigenvalue weighted by atomic mass is 9.98. The van der Waals surface area contributed by atoms with Crippen LogP contribution >= 0.6 is 11.3 Å². The Hall–Kier alpha value is -4.31. The lowest BCUT2D eigenvalue weighted by molar-refractivity contribution is -0.117. The maximum absolute atomic E-state index is 13.3. The zero-order chi connectivity index (χ0) is 25.4. The normalized spacial score (nSPS) is 11.3. The molecule has 36 heavy (non-hydrogen) atoms. The largest absolute Gasteiger partial charge is 0.439 e. The summed E-state index contributed by atoms with van der Waals surface area (Å²) in [5.74, 6) is -0.550. The van der Waals surface area contributed by atoms with Gasteiger partial charge in [0.15, 0.2) is 5.82 Å². The van der Waals surface area contributed by atoms with Crippen molar-refractivity contribution in [3.05, 3.63) is 96.4 Å². The first-order valence-corrected chi connectivity index (χ1v) is 12.2. The van der Waals surface area contributed by atoms with Gasteiger partial charge in [-0.25, -0.2) is 9.59 Å². The van der Waals surface area contributed by atoms with Gasteiger partial charge in [-0.15, -0.1) is 11.3 Å². The van der Waals surface area contributed by atoms with Gasteiger partial charge in [0.25, 0.3) is 5.56 Å². The molecule has 0 saturated heterocycles. The summed E-state index contributed by atoms with van der Waals surface area (Å²) in [5, 5.41) is 4.25. The van der Waals surface area contributed by atoms with Crippen molar-refractivity contribution in [2.75, 3.05) is 0 Å². The Bertz CT molecular complexity index is 1770. The number of aromatic amines is 1. The van der Waals surface area contributed by atoms with Gasteiger partial charge in [0.05, 0.1) is 18.5 Å². The molecule has 0 amide bonds. The maximum atomic E-state index is 13.3. The number of benzene rings is 2. The van der Waals surface area contributed by atoms with E-state index in [0.29, 0.717) is 16.0 Å². The van der Waals surface area contributed by atoms with Gasteiger partial charge in [-0.2, -0.15) is 0 Å². The topological polar surface area (TPSA) is 120 Å². The quantitative estimate of drug-likeness (QED) is 0.364. The Morgan fingerprint density at radius 2 is 1.75 bits per heavy atom. The first-order chi connectivity index (χ1) is 17.4. The summed E-state index contributed by atoms with van der Waals surface area (Å²) in [6.45, 7) is 3.34. The van der Waals surface area contributed by atoms with Gasteiger partial charge in [0.2, 0.25) is 0 Å². The third kappa shape index (κ3) is 4.27. The molecule has 9 nitrogen and oxygen atoms in total. The predicted molar refractivity (Wildman–Crippen MR) is 138 cm³/mol. The van der Waals surface area contributed by atoms with E-state index in [4.69, 9.17) is 0 Å². The van der Waals surface area contributed by atoms with Gasteiger partial charge in [0.1, 0.15) is 10.6 Å². The van der Waals surface area contributed by atoms with Crippen LogP contribution in [0.25, 0.3) is 32.7 Å². The van der Waals surface area contributed by atoms with Crippen molar-refractivity contribution in [2.45, 2.75) is 33.4 Å². The average molecular weight is 503 g/mol. The first kappa shape index (κ1) is 23.4. The predicted octanol–water partition coefficient (Wildman–Crippen LogP) is 3.43. The van der Waals surface area contributed by atoms with Crippen molar-refractivity contribution in [1.29, 1.82) is 0 Å². The number of aryl methyl sites for hydroxylation is 1. The molecule has 0 radical (unpaired) electrons. The number of carbonyl (C=O) groups is 1. The number of carbonyl (C=O) groups excluding carboxylic acids is 1. The highest BCUT2D eigenvalue weighted by Crippen LogP contribution is 2.30. The summed E-state index contributed by atoms with van der Waals surface area (Å²) in [5.41, 5.74) is 2.38. The Labute approximate surface area is 208 Å². The second-order valence-electron chi connectivity index (χ2n) is 8.43. The van der Waals surface area contributed by atoms with E-state index < -0.39 is 17.0 Å². The van der Waals surface area contributed by atoms with E-state index >= 15 is 0 Å². The number of H-pyrrole nitrogens is 1. The molecular formula is C26H22N4O5S. The standard InChI is InChI=1S/C26H22N4O5S/c1-3-18-12-21-23(32)29(13-15(2)31)26(34)30(24(21)36-18)14-16-8-10-17(11-9-16)19-6-4-5-7-20(19)22-27-25(33)35-28-22/h4-12H,3,13-14H2,1-2H3,(H,27,28,33). The van der Waals surface area contributed by atoms with Gasteiger partial charge in [0, 0.05) is 10.4 Å². The summed E-state index contributed by atoms with van der Waals surface area (Å²) >= 11 is 1.42. The summed E-state index contributed by atoms with van der Waals surface area (Å²) in [7, 11) is 0. The van der Waals surface area contributed by atoms with E-state index in [1.165, 1.54) is 18.3 Å². The number of aromatic nitrogens is 4. The minimum atomic E-state index is -0.627. The van der Waals surface area contributed by atoms with E-state index in [1.807, 2.05) is 61.5 Å². The van der Waals surface area contributed by atoms with Crippen LogP contribution in [0.1, 0.15) is 24.3 Å². The third-order valence-corrected chi connectivity index (χ3v) is 7.21. The van der Waals surface area contributed by atoms with E-state index in [9.17, 15) is 19.2 Å². The third-order valence-electron chi connectivity index (χ3n) is 5.90. The van der Waals surface area contributed by atoms with Crippen LogP contribution in [-0.4, -0.2) is 25.1 Å². The fraction of sp³-hybridized carbons (Fsp3) is 0.192. The molecule has 0 saturated carbocycles. The zero-order valence-corrected chi connectivity index (χ0v) is 20.4. The molecule has 5 rings (SSSR count). The molecule has 1 N–H and O–H groups in total. The lowest BCUT2D eigenvalue weighted by Crippen LogP contribution is -2.41. The van der Waals surface area contributed by atoms with Crippen molar-refractivity contribution in [2.24, 2.45) is 0 Å². The highest BCUT2D eigenvalue weighted by atomic mass is 32.1. The van der Waals surface area contributed by atoms with Gasteiger partial charge in [-0.05, 0) is 36.1 Å². The fourth-order valence-electron chi connectivity index (χ4n) is 4.19. The van der Waals surface area contributed by atoms with Crippen LogP contribution in [0.2, 0.25) is 0 Å². The molecule has 0 aliphatic carbocycles. The monoisotopic (exact) mass is 502 g/mol. The number of thiophene rings is 1. The van der Waals surface area contributed by atoms with Crippen LogP contribution < -0.4 is 17.0 Å². The summed E-state index contributed by atoms with van der Waals surface area (Å²) in [4.78, 5) is 53.6. The summed E-state index contributed by atoms with van der Waals surface area (Å²) in [6, 6.07) is 17.0. The van der Waals surface area contributed by atoms with Crippen LogP contribution in [0, 0.1) is 0 Å². The van der Waals surface area contributed by atoms with E-state index in [1.54, 1.807) is 4.57 Å². The SMILES string of the molecule is CCc1cc2c(=O)n(CC(C)=O)c(=O)n(Cc3ccc(-c4ccccc4-c4noc(=O)[nH]4)cc3)c2s1. The number of ketones is 1. The van der Waals surface area contributed by atoms with Crippen LogP contribution in [0.15, 0.2) is 73.5 Å². The number of Topliss-reactive ketones (excluding diaryl/α,β-unsaturated/α-hetero) is 1. The number of hydrogen-bond acceptors (Lipinski definition) is 7. The second kappa shape index (κ2) is 9.38. The average Bonchev–Trinajstić information content (AvgIpc) is 3.51. The van der Waals surface area contributed by atoms with Crippen molar-refractivity contribution in [1.82, 2.24) is 19.3 Å². The highest BCUT2D eigenvalue weighted by molar-refractivity contribution is 7.18. The minimum Gasteiger partial charge on any atom is -0.298 e. The Balaban J connectivity index is 1.56. The molecule has 3 aromatic heterocycles. The van der Waals surface area contributed by atoms with E-state index in [-0.39, 0.29) is 18.9 Å². The first-order valence-electron chi connectivity index (χ1n) is 11.4. The fourth-order valence-corrected chi connectivity index (χ4v) is 5.26. The maximum Gasteiger partial charge on any atom is 0.439 e. The number of nitrogens with zero attached hydrogens (tertiary/aromatic N) is 3. The van der Waals surface area contributed by atoms with Gasteiger partial charge < -0.3 is 0 Å². The number of hydrogen-bond donors (Lipinski definition) is 1. The molecule has 0 unspecified atom stereocenters. The number of nitrogens with one attached hydrogen (secondary N) is 1. The molecule has 0 spiro atoms. The number of fused-ring (bicyclic) bond motifs is 1. The number of rotatable bonds is 7. The highest BCUT2D eigenvalue weighted by Gasteiger charge is 2.18. The lowest BCUT2D eigenvalue weighted by Gasteiger charge is -2.12. The van der Waals surface area contributed by atoms with E-state index in [2.05, 4.69) is 14.7 Å². The minimum absolute atomic E-state index is 0.246. The van der Waals surface area contributed by atoms with Crippen molar-refractivity contribution < 1.29 is 9.32 Å². The molecule has 0 aliphatic rings. The zero-order valence-electron chi connectivity index (χ0n) is 19.6. The molecule has 0 fully saturated rings. The van der Waals surface area contributed by atoms with Gasteiger partial charge in [-0.1, -0.05) is 60.6 Å². The van der Waals surface area contributed by atoms with Crippen molar-refractivity contribution in [3.8, 4) is 22.5 Å². The molecule has 0 bridgehead atoms. The van der Waals surface area contributed by atoms with Gasteiger partial charge in [-0.3, -0.25) is 28.2 Å². The smallest absolute Gasteiger partial charge is 0.298 e. The Morgan fingerprint density at radius 1 is 1.03 bits per heavy atom. The Kier molecular flexibility index (Phi) is 6.11. The van der Waals surface area contributed by atoms with Crippen molar-refractivity contribution in [3.63, 3.8) is 0 Å². The van der Waals surface area contributed by atoms with Crippen LogP contribution in [0.3, 0.4) is 0 Å². The Morgan fingerprint density at radius 3 is 2.39 bits per heavy atom. The molecule has 2 aromatic carbocycles. The van der Waals surface area contributed by atoms with Crippen LogP contribution in [-0.2, 0) is 24.3 Å². The molecule has 3 heterocycles. The van der Waals surface area contributed by atoms with Gasteiger partial charge >= 0.3 is 11.4 Å². The second-order valence-corrected chi connectivity index (χ2v) is 9.55. The van der Waals surface area contributed by atoms with Crippen LogP contribution in [0.4, 0.5) is 0 Å². The molecule has 182 valence electrons. The molecule has 5 aromatic rings. The summed E-state index contributed by atoms with van der Waals surface area (Å²) < 4.78 is 7.23. The summed E-state index contributed by atoms with van der Waals surface area (Å²) in [6.07, 6.45) is 0.741. The molecule has 0 atom stereocenters.